The molecule has 8 nitrogen and oxygen atoms in total. The second-order valence-electron chi connectivity index (χ2n) is 6.79. The highest BCUT2D eigenvalue weighted by Gasteiger charge is 2.24. The zero-order valence-corrected chi connectivity index (χ0v) is 16.8. The first kappa shape index (κ1) is 18.5. The van der Waals surface area contributed by atoms with Gasteiger partial charge in [0.2, 0.25) is 0 Å². The van der Waals surface area contributed by atoms with E-state index >= 15 is 0 Å². The Bertz CT molecular complexity index is 966. The number of carbonyl (C=O) groups excluding carboxylic acids is 1. The van der Waals surface area contributed by atoms with Gasteiger partial charge in [0.25, 0.3) is 5.91 Å². The third kappa shape index (κ3) is 3.75. The molecule has 146 valence electrons. The van der Waals surface area contributed by atoms with Crippen LogP contribution in [0, 0.1) is 6.92 Å². The first-order valence-electron chi connectivity index (χ1n) is 9.50. The van der Waals surface area contributed by atoms with Crippen LogP contribution >= 0.6 is 11.3 Å². The van der Waals surface area contributed by atoms with E-state index in [2.05, 4.69) is 35.4 Å². The van der Waals surface area contributed by atoms with Gasteiger partial charge in [-0.25, -0.2) is 4.98 Å². The molecule has 0 saturated carbocycles. The van der Waals surface area contributed by atoms with Crippen molar-refractivity contribution in [3.8, 4) is 11.4 Å². The van der Waals surface area contributed by atoms with E-state index in [4.69, 9.17) is 0 Å². The van der Waals surface area contributed by atoms with Gasteiger partial charge in [-0.05, 0) is 38.8 Å². The average Bonchev–Trinajstić information content (AvgIpc) is 3.22. The third-order valence-corrected chi connectivity index (χ3v) is 5.96. The summed E-state index contributed by atoms with van der Waals surface area (Å²) in [7, 11) is 0. The number of rotatable bonds is 5. The molecule has 28 heavy (non-hydrogen) atoms. The second kappa shape index (κ2) is 8.05. The quantitative estimate of drug-likeness (QED) is 0.687. The maximum absolute atomic E-state index is 12.8. The molecule has 0 saturated heterocycles. The minimum absolute atomic E-state index is 0.0452. The van der Waals surface area contributed by atoms with Gasteiger partial charge in [0.15, 0.2) is 11.0 Å². The number of amides is 1. The van der Waals surface area contributed by atoms with Crippen LogP contribution < -0.4 is 10.6 Å². The summed E-state index contributed by atoms with van der Waals surface area (Å²) in [4.78, 5) is 21.9. The van der Waals surface area contributed by atoms with Crippen LogP contribution in [-0.4, -0.2) is 43.2 Å². The van der Waals surface area contributed by atoms with Crippen LogP contribution in [0.5, 0.6) is 0 Å². The van der Waals surface area contributed by atoms with Crippen LogP contribution in [0.15, 0.2) is 24.5 Å². The van der Waals surface area contributed by atoms with Gasteiger partial charge in [-0.2, -0.15) is 0 Å². The number of carbonyl (C=O) groups is 1. The number of hydrogen-bond acceptors (Lipinski definition) is 7. The highest BCUT2D eigenvalue weighted by molar-refractivity contribution is 7.17. The van der Waals surface area contributed by atoms with Gasteiger partial charge in [0, 0.05) is 43.5 Å². The average molecular weight is 398 g/mol. The Kier molecular flexibility index (Phi) is 5.34. The molecular formula is C19H23N7OS. The summed E-state index contributed by atoms with van der Waals surface area (Å²) >= 11 is 1.41. The van der Waals surface area contributed by atoms with E-state index in [0.717, 1.165) is 60.4 Å². The standard InChI is InChI=1S/C19H23N7OS/c1-3-21-19-22-12(2)16(28-19)18(27)23-14-4-5-15-24-25-17(26(15)11-8-14)13-6-9-20-10-7-13/h6-7,9-10,14H,3-5,8,11H2,1-2H3,(H,21,22)(H,23,27). The lowest BCUT2D eigenvalue weighted by atomic mass is 10.1. The molecule has 4 heterocycles. The Morgan fingerprint density at radius 1 is 1.29 bits per heavy atom. The molecule has 1 aliphatic heterocycles. The number of thiazole rings is 1. The molecule has 0 radical (unpaired) electrons. The van der Waals surface area contributed by atoms with Gasteiger partial charge < -0.3 is 15.2 Å². The van der Waals surface area contributed by atoms with Crippen molar-refractivity contribution in [3.05, 3.63) is 40.9 Å². The number of anilines is 1. The van der Waals surface area contributed by atoms with Crippen molar-refractivity contribution in [2.75, 3.05) is 11.9 Å². The van der Waals surface area contributed by atoms with Gasteiger partial charge in [0.1, 0.15) is 10.7 Å². The summed E-state index contributed by atoms with van der Waals surface area (Å²) < 4.78 is 2.16. The van der Waals surface area contributed by atoms with E-state index in [1.807, 2.05) is 26.0 Å². The molecule has 1 unspecified atom stereocenters. The van der Waals surface area contributed by atoms with Crippen molar-refractivity contribution in [3.63, 3.8) is 0 Å². The molecule has 4 rings (SSSR count). The van der Waals surface area contributed by atoms with E-state index < -0.39 is 0 Å². The van der Waals surface area contributed by atoms with Crippen molar-refractivity contribution < 1.29 is 4.79 Å². The molecule has 1 atom stereocenters. The van der Waals surface area contributed by atoms with Crippen LogP contribution in [0.3, 0.4) is 0 Å². The van der Waals surface area contributed by atoms with Crippen LogP contribution in [-0.2, 0) is 13.0 Å². The Morgan fingerprint density at radius 3 is 2.89 bits per heavy atom. The van der Waals surface area contributed by atoms with E-state index in [1.54, 1.807) is 12.4 Å². The number of pyridine rings is 1. The van der Waals surface area contributed by atoms with Crippen molar-refractivity contribution in [1.29, 1.82) is 0 Å². The minimum Gasteiger partial charge on any atom is -0.362 e. The Morgan fingerprint density at radius 2 is 2.11 bits per heavy atom. The largest absolute Gasteiger partial charge is 0.362 e. The number of hydrogen-bond donors (Lipinski definition) is 2. The zero-order chi connectivity index (χ0) is 19.5. The fourth-order valence-electron chi connectivity index (χ4n) is 3.43. The first-order valence-corrected chi connectivity index (χ1v) is 10.3. The number of aryl methyl sites for hydroxylation is 2. The molecule has 3 aromatic rings. The minimum atomic E-state index is -0.0452. The van der Waals surface area contributed by atoms with Gasteiger partial charge in [-0.3, -0.25) is 9.78 Å². The summed E-state index contributed by atoms with van der Waals surface area (Å²) in [6, 6.07) is 3.98. The lowest BCUT2D eigenvalue weighted by Gasteiger charge is -2.15. The Hall–Kier alpha value is -2.81. The highest BCUT2D eigenvalue weighted by Crippen LogP contribution is 2.25. The monoisotopic (exact) mass is 397 g/mol. The van der Waals surface area contributed by atoms with E-state index in [1.165, 1.54) is 11.3 Å². The summed E-state index contributed by atoms with van der Waals surface area (Å²) in [5, 5.41) is 15.9. The number of fused-ring (bicyclic) bond motifs is 1. The molecule has 1 aliphatic rings. The predicted molar refractivity (Wildman–Crippen MR) is 108 cm³/mol. The Balaban J connectivity index is 1.45. The molecule has 0 fully saturated rings. The van der Waals surface area contributed by atoms with E-state index in [0.29, 0.717) is 4.88 Å². The zero-order valence-electron chi connectivity index (χ0n) is 16.0. The van der Waals surface area contributed by atoms with E-state index in [-0.39, 0.29) is 11.9 Å². The smallest absolute Gasteiger partial charge is 0.263 e. The predicted octanol–water partition coefficient (Wildman–Crippen LogP) is 2.67. The van der Waals surface area contributed by atoms with E-state index in [9.17, 15) is 4.79 Å². The second-order valence-corrected chi connectivity index (χ2v) is 7.79. The van der Waals surface area contributed by atoms with Gasteiger partial charge >= 0.3 is 0 Å². The lowest BCUT2D eigenvalue weighted by Crippen LogP contribution is -2.35. The molecule has 0 aliphatic carbocycles. The van der Waals surface area contributed by atoms with Crippen LogP contribution in [0.1, 0.15) is 41.0 Å². The first-order chi connectivity index (χ1) is 13.7. The lowest BCUT2D eigenvalue weighted by molar-refractivity contribution is 0.0936. The number of nitrogens with zero attached hydrogens (tertiary/aromatic N) is 5. The molecule has 9 heteroatoms. The molecule has 2 N–H and O–H groups in total. The topological polar surface area (TPSA) is 97.6 Å². The number of nitrogens with one attached hydrogen (secondary N) is 2. The maximum atomic E-state index is 12.8. The molecule has 0 spiro atoms. The molecule has 1 amide bonds. The van der Waals surface area contributed by atoms with Crippen molar-refractivity contribution in [2.24, 2.45) is 0 Å². The summed E-state index contributed by atoms with van der Waals surface area (Å²) in [6.45, 7) is 5.45. The fraction of sp³-hybridized carbons (Fsp3) is 0.421. The van der Waals surface area contributed by atoms with Crippen molar-refractivity contribution in [1.82, 2.24) is 30.0 Å². The van der Waals surface area contributed by atoms with Gasteiger partial charge in [-0.1, -0.05) is 11.3 Å². The molecular weight excluding hydrogens is 374 g/mol. The summed E-state index contributed by atoms with van der Waals surface area (Å²) in [6.07, 6.45) is 5.99. The highest BCUT2D eigenvalue weighted by atomic mass is 32.1. The van der Waals surface area contributed by atoms with Crippen LogP contribution in [0.25, 0.3) is 11.4 Å². The molecule has 0 aromatic carbocycles. The van der Waals surface area contributed by atoms with Crippen molar-refractivity contribution >= 4 is 22.4 Å². The van der Waals surface area contributed by atoms with Crippen LogP contribution in [0.2, 0.25) is 0 Å². The fourth-order valence-corrected chi connectivity index (χ4v) is 4.37. The van der Waals surface area contributed by atoms with Crippen LogP contribution in [0.4, 0.5) is 5.13 Å². The normalized spacial score (nSPS) is 16.3. The summed E-state index contributed by atoms with van der Waals surface area (Å²) in [5.41, 5.74) is 1.77. The third-order valence-electron chi connectivity index (χ3n) is 4.85. The van der Waals surface area contributed by atoms with Gasteiger partial charge in [0.05, 0.1) is 5.69 Å². The summed E-state index contributed by atoms with van der Waals surface area (Å²) in [5.74, 6) is 1.78. The maximum Gasteiger partial charge on any atom is 0.263 e. The number of aromatic nitrogens is 5. The molecule has 3 aromatic heterocycles. The Labute approximate surface area is 167 Å². The van der Waals surface area contributed by atoms with Gasteiger partial charge in [-0.15, -0.1) is 10.2 Å². The van der Waals surface area contributed by atoms with Crippen molar-refractivity contribution in [2.45, 2.75) is 45.7 Å². The SMILES string of the molecule is CCNc1nc(C)c(C(=O)NC2CCc3nnc(-c4ccncc4)n3CC2)s1. The molecule has 0 bridgehead atoms.